The first-order chi connectivity index (χ1) is 14.6. The Kier molecular flexibility index (Phi) is 5.04. The van der Waals surface area contributed by atoms with Gasteiger partial charge in [-0.3, -0.25) is 4.98 Å². The molecule has 4 aromatic heterocycles. The molecule has 1 aliphatic heterocycles. The van der Waals surface area contributed by atoms with E-state index in [2.05, 4.69) is 31.0 Å². The predicted octanol–water partition coefficient (Wildman–Crippen LogP) is 5.46. The van der Waals surface area contributed by atoms with Crippen molar-refractivity contribution in [2.24, 2.45) is 0 Å². The highest BCUT2D eigenvalue weighted by Crippen LogP contribution is 2.35. The highest BCUT2D eigenvalue weighted by Gasteiger charge is 2.25. The number of aryl methyl sites for hydroxylation is 1. The van der Waals surface area contributed by atoms with E-state index in [-0.39, 0.29) is 12.0 Å². The van der Waals surface area contributed by atoms with Crippen LogP contribution < -0.4 is 0 Å². The third-order valence-corrected chi connectivity index (χ3v) is 5.70. The fourth-order valence-corrected chi connectivity index (χ4v) is 4.07. The third kappa shape index (κ3) is 3.50. The summed E-state index contributed by atoms with van der Waals surface area (Å²) in [4.78, 5) is 13.7. The maximum absolute atomic E-state index is 13.9. The Balaban J connectivity index is 1.69. The lowest BCUT2D eigenvalue weighted by Crippen LogP contribution is -2.20. The first kappa shape index (κ1) is 19.3. The smallest absolute Gasteiger partial charge is 0.150 e. The predicted molar refractivity (Wildman–Crippen MR) is 115 cm³/mol. The molecule has 6 nitrogen and oxygen atoms in total. The van der Waals surface area contributed by atoms with Gasteiger partial charge < -0.3 is 4.74 Å². The summed E-state index contributed by atoms with van der Waals surface area (Å²) in [5, 5.41) is 4.64. The lowest BCUT2D eigenvalue weighted by atomic mass is 10.1. The molecule has 8 heteroatoms. The maximum Gasteiger partial charge on any atom is 0.150 e. The molecule has 4 aromatic rings. The summed E-state index contributed by atoms with van der Waals surface area (Å²) in [5.74, 6) is -0.333. The molecular formula is C22H19BrFN5O. The molecule has 1 saturated heterocycles. The molecule has 5 heterocycles. The van der Waals surface area contributed by atoms with Crippen LogP contribution in [0.2, 0.25) is 0 Å². The number of hydrogen-bond donors (Lipinski definition) is 0. The van der Waals surface area contributed by atoms with Gasteiger partial charge in [0.25, 0.3) is 0 Å². The zero-order chi connectivity index (χ0) is 20.7. The lowest BCUT2D eigenvalue weighted by Gasteiger charge is -2.24. The fourth-order valence-electron chi connectivity index (χ4n) is 3.75. The molecule has 0 aromatic carbocycles. The second kappa shape index (κ2) is 7.85. The largest absolute Gasteiger partial charge is 0.356 e. The number of aromatic nitrogens is 5. The molecule has 5 rings (SSSR count). The Morgan fingerprint density at radius 1 is 1.07 bits per heavy atom. The molecule has 30 heavy (non-hydrogen) atoms. The van der Waals surface area contributed by atoms with Crippen molar-refractivity contribution in [1.82, 2.24) is 24.7 Å². The average Bonchev–Trinajstić information content (AvgIpc) is 3.21. The number of fused-ring (bicyclic) bond motifs is 1. The molecule has 0 N–H and O–H groups in total. The van der Waals surface area contributed by atoms with Crippen molar-refractivity contribution in [2.75, 3.05) is 6.61 Å². The van der Waals surface area contributed by atoms with Gasteiger partial charge in [0.05, 0.1) is 40.0 Å². The van der Waals surface area contributed by atoms with E-state index in [1.807, 2.05) is 22.9 Å². The molecule has 152 valence electrons. The first-order valence-electron chi connectivity index (χ1n) is 9.85. The Bertz CT molecular complexity index is 1240. The molecule has 0 bridgehead atoms. The highest BCUT2D eigenvalue weighted by molar-refractivity contribution is 9.10. The summed E-state index contributed by atoms with van der Waals surface area (Å²) < 4.78 is 22.6. The van der Waals surface area contributed by atoms with E-state index < -0.39 is 0 Å². The topological polar surface area (TPSA) is 65.7 Å². The summed E-state index contributed by atoms with van der Waals surface area (Å²) in [6.07, 6.45) is 6.35. The number of rotatable bonds is 3. The van der Waals surface area contributed by atoms with Gasteiger partial charge in [-0.05, 0) is 72.4 Å². The molecule has 0 spiro atoms. The Hall–Kier alpha value is -2.71. The zero-order valence-electron chi connectivity index (χ0n) is 16.3. The van der Waals surface area contributed by atoms with Gasteiger partial charge in [-0.15, -0.1) is 0 Å². The van der Waals surface area contributed by atoms with Crippen molar-refractivity contribution < 1.29 is 9.13 Å². The number of nitrogens with zero attached hydrogens (tertiary/aromatic N) is 5. The van der Waals surface area contributed by atoms with Crippen LogP contribution in [-0.4, -0.2) is 31.3 Å². The first-order valence-corrected chi connectivity index (χ1v) is 10.6. The van der Waals surface area contributed by atoms with Crippen LogP contribution >= 0.6 is 15.9 Å². The summed E-state index contributed by atoms with van der Waals surface area (Å²) in [6, 6.07) is 8.91. The van der Waals surface area contributed by atoms with Gasteiger partial charge >= 0.3 is 0 Å². The lowest BCUT2D eigenvalue weighted by molar-refractivity contribution is -0.0383. The van der Waals surface area contributed by atoms with Crippen LogP contribution in [-0.2, 0) is 4.74 Å². The number of halogens is 2. The minimum Gasteiger partial charge on any atom is -0.356 e. The van der Waals surface area contributed by atoms with Gasteiger partial charge in [-0.1, -0.05) is 0 Å². The molecule has 1 fully saturated rings. The van der Waals surface area contributed by atoms with E-state index in [4.69, 9.17) is 9.72 Å². The van der Waals surface area contributed by atoms with Gasteiger partial charge in [0.2, 0.25) is 0 Å². The molecule has 0 amide bonds. The van der Waals surface area contributed by atoms with Crippen molar-refractivity contribution in [3.05, 3.63) is 58.7 Å². The van der Waals surface area contributed by atoms with E-state index in [9.17, 15) is 4.39 Å². The van der Waals surface area contributed by atoms with Gasteiger partial charge in [0, 0.05) is 22.8 Å². The minimum atomic E-state index is -0.333. The number of ether oxygens (including phenoxy) is 1. The van der Waals surface area contributed by atoms with Crippen LogP contribution in [0.15, 0.2) is 47.2 Å². The van der Waals surface area contributed by atoms with Crippen LogP contribution in [0.25, 0.3) is 33.7 Å². The van der Waals surface area contributed by atoms with Crippen molar-refractivity contribution in [1.29, 1.82) is 0 Å². The Labute approximate surface area is 181 Å². The maximum atomic E-state index is 13.9. The van der Waals surface area contributed by atoms with Gasteiger partial charge in [-0.25, -0.2) is 19.0 Å². The van der Waals surface area contributed by atoms with Crippen LogP contribution in [0.4, 0.5) is 4.39 Å². The van der Waals surface area contributed by atoms with Crippen LogP contribution in [0.5, 0.6) is 0 Å². The van der Waals surface area contributed by atoms with E-state index in [1.165, 1.54) is 6.07 Å². The zero-order valence-corrected chi connectivity index (χ0v) is 17.9. The Morgan fingerprint density at radius 2 is 1.93 bits per heavy atom. The van der Waals surface area contributed by atoms with Gasteiger partial charge in [0.15, 0.2) is 6.23 Å². The molecule has 1 aliphatic rings. The highest BCUT2D eigenvalue weighted by atomic mass is 79.9. The van der Waals surface area contributed by atoms with Crippen LogP contribution in [0, 0.1) is 12.7 Å². The third-order valence-electron chi connectivity index (χ3n) is 5.27. The van der Waals surface area contributed by atoms with Gasteiger partial charge in [-0.2, -0.15) is 5.10 Å². The summed E-state index contributed by atoms with van der Waals surface area (Å²) in [5.41, 5.74) is 4.92. The van der Waals surface area contributed by atoms with E-state index in [0.717, 1.165) is 51.7 Å². The molecular weight excluding hydrogens is 449 g/mol. The van der Waals surface area contributed by atoms with E-state index in [0.29, 0.717) is 18.0 Å². The van der Waals surface area contributed by atoms with Crippen LogP contribution in [0.3, 0.4) is 0 Å². The monoisotopic (exact) mass is 467 g/mol. The summed E-state index contributed by atoms with van der Waals surface area (Å²) in [7, 11) is 0. The molecule has 1 unspecified atom stereocenters. The van der Waals surface area contributed by atoms with Crippen molar-refractivity contribution >= 4 is 27.0 Å². The Morgan fingerprint density at radius 3 is 2.73 bits per heavy atom. The second-order valence-electron chi connectivity index (χ2n) is 7.32. The van der Waals surface area contributed by atoms with Crippen molar-refractivity contribution in [3.63, 3.8) is 0 Å². The normalized spacial score (nSPS) is 16.8. The number of pyridine rings is 3. The molecule has 0 radical (unpaired) electrons. The minimum absolute atomic E-state index is 0.175. The molecule has 1 atom stereocenters. The fraction of sp³-hybridized carbons (Fsp3) is 0.273. The summed E-state index contributed by atoms with van der Waals surface area (Å²) >= 11 is 3.45. The molecule has 0 aliphatic carbocycles. The van der Waals surface area contributed by atoms with E-state index in [1.54, 1.807) is 25.4 Å². The van der Waals surface area contributed by atoms with Crippen molar-refractivity contribution in [2.45, 2.75) is 32.4 Å². The van der Waals surface area contributed by atoms with Gasteiger partial charge in [0.1, 0.15) is 5.82 Å². The number of hydrogen-bond acceptors (Lipinski definition) is 5. The van der Waals surface area contributed by atoms with E-state index >= 15 is 0 Å². The average molecular weight is 468 g/mol. The quantitative estimate of drug-likeness (QED) is 0.399. The standard InChI is InChI=1S/C22H19BrFN5O/c1-13-16(24)5-6-19(27-13)22-15(12-26-29(22)21-4-2-3-9-30-21)17-7-8-18-20(28-17)10-14(23)11-25-18/h5-8,10-12,21H,2-4,9H2,1H3. The molecule has 0 saturated carbocycles. The van der Waals surface area contributed by atoms with Crippen molar-refractivity contribution in [3.8, 4) is 22.6 Å². The summed E-state index contributed by atoms with van der Waals surface area (Å²) in [6.45, 7) is 2.36. The van der Waals surface area contributed by atoms with Crippen LogP contribution in [0.1, 0.15) is 31.2 Å². The second-order valence-corrected chi connectivity index (χ2v) is 8.24. The SMILES string of the molecule is Cc1nc(-c2c(-c3ccc4ncc(Br)cc4n3)cnn2C2CCCCO2)ccc1F.